The normalized spacial score (nSPS) is 11.3. The Morgan fingerprint density at radius 3 is 2.73 bits per heavy atom. The molecule has 4 heterocycles. The molecular formula is C33H32BrN10O4+. The number of ether oxygens (including phenoxy) is 1. The minimum Gasteiger partial charge on any atom is -0.486 e. The van der Waals surface area contributed by atoms with Gasteiger partial charge in [-0.05, 0) is 81.2 Å². The second kappa shape index (κ2) is 14.8. The van der Waals surface area contributed by atoms with E-state index in [9.17, 15) is 14.9 Å². The quantitative estimate of drug-likeness (QED) is 0.0572. The Morgan fingerprint density at radius 2 is 2.00 bits per heavy atom. The number of imidazole rings is 1. The number of amides is 1. The molecule has 0 radical (unpaired) electrons. The molecule has 0 spiro atoms. The molecule has 5 rings (SSSR count). The Morgan fingerprint density at radius 1 is 1.17 bits per heavy atom. The van der Waals surface area contributed by atoms with E-state index in [2.05, 4.69) is 63.3 Å². The number of quaternary nitrogens is 1. The number of nitrogens with zero attached hydrogens (tertiary/aromatic N) is 8. The average Bonchev–Trinajstić information content (AvgIpc) is 3.35. The summed E-state index contributed by atoms with van der Waals surface area (Å²) in [6.07, 6.45) is 7.84. The van der Waals surface area contributed by atoms with Gasteiger partial charge in [-0.2, -0.15) is 0 Å². The van der Waals surface area contributed by atoms with Crippen molar-refractivity contribution >= 4 is 55.9 Å². The smallest absolute Gasteiger partial charge is 0.392 e. The third-order valence-electron chi connectivity index (χ3n) is 7.12. The first-order chi connectivity index (χ1) is 23.0. The molecule has 0 unspecified atom stereocenters. The van der Waals surface area contributed by atoms with E-state index >= 15 is 0 Å². The first kappa shape index (κ1) is 33.6. The largest absolute Gasteiger partial charge is 0.486 e. The predicted molar refractivity (Wildman–Crippen MR) is 184 cm³/mol. The van der Waals surface area contributed by atoms with Crippen LogP contribution in [0.2, 0.25) is 0 Å². The molecule has 0 bridgehead atoms. The summed E-state index contributed by atoms with van der Waals surface area (Å²) in [5.74, 6) is 6.75. The highest BCUT2D eigenvalue weighted by atomic mass is 79.9. The number of benzene rings is 1. The van der Waals surface area contributed by atoms with E-state index in [1.54, 1.807) is 43.1 Å². The second-order valence-corrected chi connectivity index (χ2v) is 12.1. The van der Waals surface area contributed by atoms with Crippen LogP contribution in [-0.4, -0.2) is 65.4 Å². The number of likely N-dealkylation sites (N-methyl/N-ethyl adjacent to an activating group) is 1. The van der Waals surface area contributed by atoms with Gasteiger partial charge in [0, 0.05) is 30.4 Å². The number of carbonyl (C=O) groups excluding carboxylic acids is 1. The summed E-state index contributed by atoms with van der Waals surface area (Å²) in [7, 11) is 5.52. The van der Waals surface area contributed by atoms with Crippen LogP contribution >= 0.6 is 15.9 Å². The molecule has 0 saturated carbocycles. The standard InChI is InChI=1S/C33H31BrN10O4/c1-5-9-30-41-33(43(46)47)27(42(30)2)19-44(3,4)15-8-11-31(45)40-29-17-24-26(18-36-29)37-21-38-32(24)39-22-12-13-28(25(34)16-22)48-20-23-10-6-7-14-35-23/h6-8,10-14,16-18,21H,15,19-20H2,1-4H3,(H-,36,37,38,39,40,45)/p+1/b11-8+. The van der Waals surface area contributed by atoms with Gasteiger partial charge in [0.05, 0.1) is 42.5 Å². The summed E-state index contributed by atoms with van der Waals surface area (Å²) in [4.78, 5) is 45.3. The maximum atomic E-state index is 12.8. The van der Waals surface area contributed by atoms with Gasteiger partial charge in [-0.1, -0.05) is 12.0 Å². The number of hydrogen-bond acceptors (Lipinski definition) is 10. The van der Waals surface area contributed by atoms with Crippen LogP contribution in [0.5, 0.6) is 5.75 Å². The maximum Gasteiger partial charge on any atom is 0.392 e. The van der Waals surface area contributed by atoms with Crippen LogP contribution in [0.3, 0.4) is 0 Å². The van der Waals surface area contributed by atoms with Gasteiger partial charge in [0.15, 0.2) is 5.69 Å². The van der Waals surface area contributed by atoms with Crippen LogP contribution in [0.25, 0.3) is 10.9 Å². The number of fused-ring (bicyclic) bond motifs is 1. The number of nitro groups is 1. The molecular weight excluding hydrogens is 680 g/mol. The predicted octanol–water partition coefficient (Wildman–Crippen LogP) is 5.29. The van der Waals surface area contributed by atoms with E-state index < -0.39 is 4.92 Å². The summed E-state index contributed by atoms with van der Waals surface area (Å²) in [6.45, 7) is 2.70. The van der Waals surface area contributed by atoms with E-state index in [-0.39, 0.29) is 11.7 Å². The third kappa shape index (κ3) is 8.35. The fraction of sp³-hybridized carbons (Fsp3) is 0.212. The number of halogens is 1. The first-order valence-corrected chi connectivity index (χ1v) is 15.4. The van der Waals surface area contributed by atoms with E-state index in [1.165, 1.54) is 12.4 Å². The highest BCUT2D eigenvalue weighted by Gasteiger charge is 2.30. The monoisotopic (exact) mass is 711 g/mol. The minimum absolute atomic E-state index is 0.223. The van der Waals surface area contributed by atoms with Gasteiger partial charge in [0.1, 0.15) is 36.9 Å². The number of rotatable bonds is 12. The van der Waals surface area contributed by atoms with Crippen molar-refractivity contribution in [1.29, 1.82) is 0 Å². The number of aromatic nitrogens is 6. The van der Waals surface area contributed by atoms with Crippen LogP contribution in [-0.2, 0) is 25.0 Å². The van der Waals surface area contributed by atoms with Gasteiger partial charge in [0.2, 0.25) is 5.91 Å². The highest BCUT2D eigenvalue weighted by Crippen LogP contribution is 2.31. The topological polar surface area (TPSA) is 163 Å². The number of carbonyl (C=O) groups is 1. The SMILES string of the molecule is CC#Cc1nc([N+](=O)[O-])c(C[N+](C)(C)C/C=C/C(=O)Nc2cc3c(Nc4ccc(OCc5ccccn5)c(Br)c4)ncnc3cn2)n1C. The van der Waals surface area contributed by atoms with Crippen molar-refractivity contribution in [2.45, 2.75) is 20.1 Å². The Bertz CT molecular complexity index is 2070. The summed E-state index contributed by atoms with van der Waals surface area (Å²) in [5, 5.41) is 18.4. The van der Waals surface area contributed by atoms with Crippen molar-refractivity contribution in [3.05, 3.63) is 105 Å². The molecule has 244 valence electrons. The van der Waals surface area contributed by atoms with Gasteiger partial charge in [-0.15, -0.1) is 0 Å². The average molecular weight is 713 g/mol. The van der Waals surface area contributed by atoms with E-state index in [0.717, 1.165) is 15.9 Å². The highest BCUT2D eigenvalue weighted by molar-refractivity contribution is 9.10. The molecule has 48 heavy (non-hydrogen) atoms. The molecule has 0 atom stereocenters. The summed E-state index contributed by atoms with van der Waals surface area (Å²) in [6, 6.07) is 12.9. The van der Waals surface area contributed by atoms with Crippen LogP contribution in [0.4, 0.5) is 23.1 Å². The van der Waals surface area contributed by atoms with E-state index in [4.69, 9.17) is 4.74 Å². The van der Waals surface area contributed by atoms with Gasteiger partial charge in [-0.25, -0.2) is 15.0 Å². The molecule has 15 heteroatoms. The molecule has 0 aliphatic heterocycles. The Labute approximate surface area is 284 Å². The maximum absolute atomic E-state index is 12.8. The van der Waals surface area contributed by atoms with Crippen molar-refractivity contribution in [2.75, 3.05) is 31.3 Å². The van der Waals surface area contributed by atoms with Crippen LogP contribution in [0.1, 0.15) is 24.1 Å². The molecule has 2 N–H and O–H groups in total. The second-order valence-electron chi connectivity index (χ2n) is 11.3. The first-order valence-electron chi connectivity index (χ1n) is 14.7. The van der Waals surface area contributed by atoms with Gasteiger partial charge in [-0.3, -0.25) is 14.3 Å². The van der Waals surface area contributed by atoms with Crippen LogP contribution in [0.15, 0.2) is 77.8 Å². The van der Waals surface area contributed by atoms with Crippen molar-refractivity contribution < 1.29 is 18.9 Å². The number of hydrogen-bond donors (Lipinski definition) is 2. The zero-order valence-corrected chi connectivity index (χ0v) is 28.2. The molecule has 1 aromatic carbocycles. The summed E-state index contributed by atoms with van der Waals surface area (Å²) < 4.78 is 8.62. The third-order valence-corrected chi connectivity index (χ3v) is 7.74. The number of pyridine rings is 2. The molecule has 14 nitrogen and oxygen atoms in total. The lowest BCUT2D eigenvalue weighted by molar-refractivity contribution is -0.898. The fourth-order valence-electron chi connectivity index (χ4n) is 4.74. The Kier molecular flexibility index (Phi) is 10.4. The molecule has 4 aromatic heterocycles. The van der Waals surface area contributed by atoms with Gasteiger partial charge >= 0.3 is 5.82 Å². The lowest BCUT2D eigenvalue weighted by atomic mass is 10.2. The zero-order chi connectivity index (χ0) is 34.3. The van der Waals surface area contributed by atoms with E-state index in [1.807, 2.05) is 50.5 Å². The molecule has 0 fully saturated rings. The van der Waals surface area contributed by atoms with Crippen LogP contribution in [0, 0.1) is 22.0 Å². The molecule has 0 aliphatic rings. The van der Waals surface area contributed by atoms with Gasteiger partial charge < -0.3 is 30.0 Å². The lowest BCUT2D eigenvalue weighted by Crippen LogP contribution is -2.39. The van der Waals surface area contributed by atoms with E-state index in [0.29, 0.717) is 64.0 Å². The van der Waals surface area contributed by atoms with Gasteiger partial charge in [0.25, 0.3) is 5.82 Å². The van der Waals surface area contributed by atoms with Crippen LogP contribution < -0.4 is 15.4 Å². The molecule has 0 saturated heterocycles. The lowest BCUT2D eigenvalue weighted by Gasteiger charge is -2.28. The van der Waals surface area contributed by atoms with Crippen molar-refractivity contribution in [2.24, 2.45) is 7.05 Å². The summed E-state index contributed by atoms with van der Waals surface area (Å²) in [5.41, 5.74) is 2.61. The van der Waals surface area contributed by atoms with Crippen molar-refractivity contribution in [3.63, 3.8) is 0 Å². The van der Waals surface area contributed by atoms with Crippen molar-refractivity contribution in [3.8, 4) is 17.6 Å². The molecule has 5 aromatic rings. The zero-order valence-electron chi connectivity index (χ0n) is 26.6. The Balaban J connectivity index is 1.23. The number of nitrogens with one attached hydrogen (secondary N) is 2. The summed E-state index contributed by atoms with van der Waals surface area (Å²) >= 11 is 3.57. The van der Waals surface area contributed by atoms with Crippen molar-refractivity contribution in [1.82, 2.24) is 29.5 Å². The molecule has 1 amide bonds. The Hall–Kier alpha value is -5.72. The fourth-order valence-corrected chi connectivity index (χ4v) is 5.24. The minimum atomic E-state index is -0.502. The molecule has 0 aliphatic carbocycles. The number of anilines is 3.